The van der Waals surface area contributed by atoms with Gasteiger partial charge in [-0.05, 0) is 25.1 Å². The van der Waals surface area contributed by atoms with Crippen LogP contribution < -0.4 is 4.74 Å². The maximum absolute atomic E-state index is 11.3. The van der Waals surface area contributed by atoms with E-state index < -0.39 is 6.10 Å². The number of hydrogen-bond acceptors (Lipinski definition) is 2. The monoisotopic (exact) mass is 290 g/mol. The van der Waals surface area contributed by atoms with Gasteiger partial charge in [0.2, 0.25) is 0 Å². The zero-order valence-electron chi connectivity index (χ0n) is 8.59. The SMILES string of the molecule is CCC(=O)C(C)Oc1cc(Br)ccc1Cl. The van der Waals surface area contributed by atoms with Gasteiger partial charge in [0.25, 0.3) is 0 Å². The molecule has 2 nitrogen and oxygen atoms in total. The van der Waals surface area contributed by atoms with Crippen molar-refractivity contribution in [3.05, 3.63) is 27.7 Å². The van der Waals surface area contributed by atoms with Crippen molar-refractivity contribution in [2.45, 2.75) is 26.4 Å². The lowest BCUT2D eigenvalue weighted by Gasteiger charge is -2.14. The lowest BCUT2D eigenvalue weighted by atomic mass is 10.2. The van der Waals surface area contributed by atoms with E-state index in [-0.39, 0.29) is 5.78 Å². The van der Waals surface area contributed by atoms with Crippen LogP contribution in [-0.2, 0) is 4.79 Å². The predicted molar refractivity (Wildman–Crippen MR) is 64.5 cm³/mol. The molecule has 0 fully saturated rings. The molecule has 0 radical (unpaired) electrons. The van der Waals surface area contributed by atoms with Crippen molar-refractivity contribution in [3.8, 4) is 5.75 Å². The van der Waals surface area contributed by atoms with E-state index in [1.54, 1.807) is 19.1 Å². The van der Waals surface area contributed by atoms with Crippen LogP contribution in [0.1, 0.15) is 20.3 Å². The highest BCUT2D eigenvalue weighted by Gasteiger charge is 2.14. The third-order valence-electron chi connectivity index (χ3n) is 2.00. The fourth-order valence-corrected chi connectivity index (χ4v) is 1.61. The third kappa shape index (κ3) is 3.50. The summed E-state index contributed by atoms with van der Waals surface area (Å²) in [5.41, 5.74) is 0. The molecule has 0 aliphatic rings. The largest absolute Gasteiger partial charge is 0.481 e. The highest BCUT2D eigenvalue weighted by atomic mass is 79.9. The van der Waals surface area contributed by atoms with E-state index in [9.17, 15) is 4.79 Å². The molecule has 0 aliphatic carbocycles. The van der Waals surface area contributed by atoms with Gasteiger partial charge in [-0.1, -0.05) is 34.5 Å². The van der Waals surface area contributed by atoms with E-state index in [1.165, 1.54) is 0 Å². The van der Waals surface area contributed by atoms with Crippen molar-refractivity contribution in [2.24, 2.45) is 0 Å². The molecule has 82 valence electrons. The minimum Gasteiger partial charge on any atom is -0.481 e. The Bertz CT molecular complexity index is 366. The van der Waals surface area contributed by atoms with Crippen molar-refractivity contribution < 1.29 is 9.53 Å². The zero-order valence-corrected chi connectivity index (χ0v) is 10.9. The number of halogens is 2. The number of ether oxygens (including phenoxy) is 1. The summed E-state index contributed by atoms with van der Waals surface area (Å²) in [4.78, 5) is 11.3. The van der Waals surface area contributed by atoms with Crippen LogP contribution in [0.2, 0.25) is 5.02 Å². The summed E-state index contributed by atoms with van der Waals surface area (Å²) in [5.74, 6) is 0.589. The summed E-state index contributed by atoms with van der Waals surface area (Å²) in [6, 6.07) is 5.30. The highest BCUT2D eigenvalue weighted by molar-refractivity contribution is 9.10. The second-order valence-corrected chi connectivity index (χ2v) is 4.48. The van der Waals surface area contributed by atoms with Gasteiger partial charge in [-0.3, -0.25) is 4.79 Å². The van der Waals surface area contributed by atoms with Crippen LogP contribution >= 0.6 is 27.5 Å². The molecule has 1 atom stereocenters. The van der Waals surface area contributed by atoms with Gasteiger partial charge < -0.3 is 4.74 Å². The molecule has 1 rings (SSSR count). The molecule has 0 spiro atoms. The average molecular weight is 292 g/mol. The molecular formula is C11H12BrClO2. The Hall–Kier alpha value is -0.540. The average Bonchev–Trinajstić information content (AvgIpc) is 2.22. The molecule has 0 aromatic heterocycles. The van der Waals surface area contributed by atoms with Gasteiger partial charge in [0.15, 0.2) is 11.9 Å². The maximum Gasteiger partial charge on any atom is 0.172 e. The first-order valence-corrected chi connectivity index (χ1v) is 5.86. The molecular weight excluding hydrogens is 279 g/mol. The first kappa shape index (κ1) is 12.5. The summed E-state index contributed by atoms with van der Waals surface area (Å²) >= 11 is 9.25. The van der Waals surface area contributed by atoms with E-state index in [1.807, 2.05) is 13.0 Å². The number of carbonyl (C=O) groups is 1. The van der Waals surface area contributed by atoms with E-state index >= 15 is 0 Å². The Morgan fingerprint density at radius 1 is 1.60 bits per heavy atom. The molecule has 0 heterocycles. The third-order valence-corrected chi connectivity index (χ3v) is 2.80. The summed E-state index contributed by atoms with van der Waals surface area (Å²) in [5, 5.41) is 0.508. The Kier molecular flexibility index (Phi) is 4.61. The fraction of sp³-hybridized carbons (Fsp3) is 0.364. The fourth-order valence-electron chi connectivity index (χ4n) is 1.11. The van der Waals surface area contributed by atoms with Crippen LogP contribution in [0.3, 0.4) is 0 Å². The number of ketones is 1. The first-order chi connectivity index (χ1) is 7.04. The molecule has 0 saturated heterocycles. The Morgan fingerprint density at radius 2 is 2.27 bits per heavy atom. The normalized spacial score (nSPS) is 12.3. The standard InChI is InChI=1S/C11H12BrClO2/c1-3-10(14)7(2)15-11-6-8(12)4-5-9(11)13/h4-7H,3H2,1-2H3. The summed E-state index contributed by atoms with van der Waals surface area (Å²) in [6.07, 6.45) is 0.00840. The summed E-state index contributed by atoms with van der Waals surface area (Å²) in [7, 11) is 0. The van der Waals surface area contributed by atoms with Gasteiger partial charge in [-0.15, -0.1) is 0 Å². The van der Waals surface area contributed by atoms with Crippen molar-refractivity contribution >= 4 is 33.3 Å². The minimum atomic E-state index is -0.457. The minimum absolute atomic E-state index is 0.0612. The summed E-state index contributed by atoms with van der Waals surface area (Å²) < 4.78 is 6.34. The van der Waals surface area contributed by atoms with Gasteiger partial charge in [-0.2, -0.15) is 0 Å². The Labute approximate surface area is 103 Å². The molecule has 1 unspecified atom stereocenters. The molecule has 1 aromatic carbocycles. The molecule has 0 amide bonds. The molecule has 0 N–H and O–H groups in total. The molecule has 0 bridgehead atoms. The lowest BCUT2D eigenvalue weighted by Crippen LogP contribution is -2.22. The van der Waals surface area contributed by atoms with Crippen molar-refractivity contribution in [1.82, 2.24) is 0 Å². The van der Waals surface area contributed by atoms with Crippen LogP contribution in [-0.4, -0.2) is 11.9 Å². The number of hydrogen-bond donors (Lipinski definition) is 0. The lowest BCUT2D eigenvalue weighted by molar-refractivity contribution is -0.124. The number of benzene rings is 1. The summed E-state index contributed by atoms with van der Waals surface area (Å²) in [6.45, 7) is 3.54. The van der Waals surface area contributed by atoms with Crippen molar-refractivity contribution in [2.75, 3.05) is 0 Å². The first-order valence-electron chi connectivity index (χ1n) is 4.69. The molecule has 0 aliphatic heterocycles. The Balaban J connectivity index is 2.80. The van der Waals surface area contributed by atoms with Crippen LogP contribution in [0.5, 0.6) is 5.75 Å². The second kappa shape index (κ2) is 5.52. The highest BCUT2D eigenvalue weighted by Crippen LogP contribution is 2.28. The van der Waals surface area contributed by atoms with E-state index in [2.05, 4.69) is 15.9 Å². The smallest absolute Gasteiger partial charge is 0.172 e. The van der Waals surface area contributed by atoms with Crippen LogP contribution in [0.25, 0.3) is 0 Å². The van der Waals surface area contributed by atoms with Gasteiger partial charge in [-0.25, -0.2) is 0 Å². The van der Waals surface area contributed by atoms with Gasteiger partial charge in [0.05, 0.1) is 5.02 Å². The van der Waals surface area contributed by atoms with Crippen molar-refractivity contribution in [1.29, 1.82) is 0 Å². The number of Topliss-reactive ketones (excluding diaryl/α,β-unsaturated/α-hetero) is 1. The van der Waals surface area contributed by atoms with E-state index in [0.29, 0.717) is 17.2 Å². The topological polar surface area (TPSA) is 26.3 Å². The van der Waals surface area contributed by atoms with Crippen LogP contribution in [0.4, 0.5) is 0 Å². The molecule has 1 aromatic rings. The van der Waals surface area contributed by atoms with E-state index in [4.69, 9.17) is 16.3 Å². The van der Waals surface area contributed by atoms with Crippen molar-refractivity contribution in [3.63, 3.8) is 0 Å². The maximum atomic E-state index is 11.3. The van der Waals surface area contributed by atoms with E-state index in [0.717, 1.165) is 4.47 Å². The zero-order chi connectivity index (χ0) is 11.4. The quantitative estimate of drug-likeness (QED) is 0.842. The number of carbonyl (C=O) groups excluding carboxylic acids is 1. The Morgan fingerprint density at radius 3 is 2.87 bits per heavy atom. The van der Waals surface area contributed by atoms with Gasteiger partial charge in [0, 0.05) is 10.9 Å². The van der Waals surface area contributed by atoms with Gasteiger partial charge in [0.1, 0.15) is 5.75 Å². The molecule has 4 heteroatoms. The predicted octanol–water partition coefficient (Wildman–Crippen LogP) is 3.85. The molecule has 0 saturated carbocycles. The van der Waals surface area contributed by atoms with Crippen LogP contribution in [0.15, 0.2) is 22.7 Å². The molecule has 15 heavy (non-hydrogen) atoms. The van der Waals surface area contributed by atoms with Crippen LogP contribution in [0, 0.1) is 0 Å². The van der Waals surface area contributed by atoms with Gasteiger partial charge >= 0.3 is 0 Å². The second-order valence-electron chi connectivity index (χ2n) is 3.15. The number of rotatable bonds is 4.